The molecule has 1 unspecified atom stereocenters. The largest absolute Gasteiger partial charge is 0.495 e. The van der Waals surface area contributed by atoms with Crippen molar-refractivity contribution in [3.8, 4) is 5.75 Å². The number of hydrogen-bond donors (Lipinski definition) is 1. The summed E-state index contributed by atoms with van der Waals surface area (Å²) < 4.78 is 12.0. The third-order valence-corrected chi connectivity index (χ3v) is 4.35. The number of aromatic nitrogens is 3. The smallest absolute Gasteiger partial charge is 0.338 e. The van der Waals surface area contributed by atoms with E-state index in [2.05, 4.69) is 15.6 Å². The van der Waals surface area contributed by atoms with Gasteiger partial charge in [0.2, 0.25) is 0 Å². The Bertz CT molecular complexity index is 1130. The average Bonchev–Trinajstić information content (AvgIpc) is 3.15. The molecule has 0 radical (unpaired) electrons. The zero-order valence-corrected chi connectivity index (χ0v) is 16.5. The zero-order valence-electron chi connectivity index (χ0n) is 16.5. The van der Waals surface area contributed by atoms with E-state index in [1.807, 2.05) is 6.92 Å². The van der Waals surface area contributed by atoms with E-state index in [-0.39, 0.29) is 22.7 Å². The number of anilines is 1. The van der Waals surface area contributed by atoms with E-state index in [1.54, 1.807) is 16.8 Å². The van der Waals surface area contributed by atoms with E-state index < -0.39 is 22.9 Å². The molecule has 0 aliphatic heterocycles. The zero-order chi connectivity index (χ0) is 21.8. The van der Waals surface area contributed by atoms with Crippen LogP contribution in [0.4, 0.5) is 11.4 Å². The molecule has 0 fully saturated rings. The van der Waals surface area contributed by atoms with Crippen molar-refractivity contribution >= 4 is 34.3 Å². The number of carbonyl (C=O) groups excluding carboxylic acids is 2. The summed E-state index contributed by atoms with van der Waals surface area (Å²) in [5.74, 6) is -1.14. The van der Waals surface area contributed by atoms with Gasteiger partial charge in [-0.25, -0.2) is 9.48 Å². The number of non-ortho nitro benzene ring substituents is 1. The van der Waals surface area contributed by atoms with E-state index >= 15 is 0 Å². The highest BCUT2D eigenvalue weighted by atomic mass is 16.6. The maximum absolute atomic E-state index is 12.4. The molecule has 1 aromatic heterocycles. The number of rotatable bonds is 7. The Hall–Kier alpha value is -4.02. The Morgan fingerprint density at radius 1 is 1.27 bits per heavy atom. The van der Waals surface area contributed by atoms with Gasteiger partial charge in [0, 0.05) is 18.7 Å². The number of amides is 1. The van der Waals surface area contributed by atoms with Gasteiger partial charge in [0.15, 0.2) is 6.10 Å². The standard InChI is InChI=1S/C19H19N5O6/c1-4-23-16-7-5-12(9-14(16)21-22-23)19(26)30-11(2)18(25)20-15-10-13(24(27)28)6-8-17(15)29-3/h5-11H,4H2,1-3H3,(H,20,25). The number of nitro benzene ring substituents is 1. The van der Waals surface area contributed by atoms with Gasteiger partial charge in [-0.15, -0.1) is 5.10 Å². The predicted octanol–water partition coefficient (Wildman–Crippen LogP) is 2.55. The van der Waals surface area contributed by atoms with Crippen LogP contribution < -0.4 is 10.1 Å². The maximum atomic E-state index is 12.4. The summed E-state index contributed by atoms with van der Waals surface area (Å²) in [7, 11) is 1.37. The highest BCUT2D eigenvalue weighted by Gasteiger charge is 2.22. The molecule has 1 N–H and O–H groups in total. The number of nitro groups is 1. The van der Waals surface area contributed by atoms with Gasteiger partial charge in [-0.05, 0) is 38.1 Å². The van der Waals surface area contributed by atoms with Crippen molar-refractivity contribution in [2.75, 3.05) is 12.4 Å². The molecule has 3 rings (SSSR count). The summed E-state index contributed by atoms with van der Waals surface area (Å²) in [5.41, 5.74) is 1.40. The lowest BCUT2D eigenvalue weighted by molar-refractivity contribution is -0.384. The van der Waals surface area contributed by atoms with Crippen molar-refractivity contribution in [1.82, 2.24) is 15.0 Å². The van der Waals surface area contributed by atoms with Crippen LogP contribution in [0.15, 0.2) is 36.4 Å². The summed E-state index contributed by atoms with van der Waals surface area (Å²) in [5, 5.41) is 21.4. The Labute approximate surface area is 170 Å². The van der Waals surface area contributed by atoms with Crippen LogP contribution in [0, 0.1) is 10.1 Å². The first-order chi connectivity index (χ1) is 14.3. The van der Waals surface area contributed by atoms with Crippen molar-refractivity contribution in [3.63, 3.8) is 0 Å². The molecule has 1 amide bonds. The number of fused-ring (bicyclic) bond motifs is 1. The van der Waals surface area contributed by atoms with Gasteiger partial charge >= 0.3 is 5.97 Å². The highest BCUT2D eigenvalue weighted by molar-refractivity contribution is 5.99. The first-order valence-corrected chi connectivity index (χ1v) is 9.01. The van der Waals surface area contributed by atoms with Crippen LogP contribution in [-0.4, -0.2) is 45.0 Å². The topological polar surface area (TPSA) is 138 Å². The number of carbonyl (C=O) groups is 2. The molecule has 0 saturated carbocycles. The van der Waals surface area contributed by atoms with Crippen LogP contribution in [0.2, 0.25) is 0 Å². The van der Waals surface area contributed by atoms with Crippen LogP contribution >= 0.6 is 0 Å². The number of methoxy groups -OCH3 is 1. The fraction of sp³-hybridized carbons (Fsp3) is 0.263. The van der Waals surface area contributed by atoms with Crippen LogP contribution in [0.5, 0.6) is 5.75 Å². The molecule has 0 spiro atoms. The molecular formula is C19H19N5O6. The Morgan fingerprint density at radius 2 is 2.03 bits per heavy atom. The molecule has 1 heterocycles. The number of ether oxygens (including phenoxy) is 2. The van der Waals surface area contributed by atoms with E-state index in [0.29, 0.717) is 12.1 Å². The number of hydrogen-bond acceptors (Lipinski definition) is 8. The lowest BCUT2D eigenvalue weighted by atomic mass is 10.2. The van der Waals surface area contributed by atoms with Crippen molar-refractivity contribution in [3.05, 3.63) is 52.1 Å². The summed E-state index contributed by atoms with van der Waals surface area (Å²) in [6.45, 7) is 3.95. The molecule has 156 valence electrons. The summed E-state index contributed by atoms with van der Waals surface area (Å²) in [6, 6.07) is 8.58. The van der Waals surface area contributed by atoms with E-state index in [0.717, 1.165) is 11.6 Å². The molecule has 0 aliphatic rings. The minimum Gasteiger partial charge on any atom is -0.495 e. The second kappa shape index (κ2) is 8.55. The second-order valence-corrected chi connectivity index (χ2v) is 6.29. The Morgan fingerprint density at radius 3 is 2.70 bits per heavy atom. The van der Waals surface area contributed by atoms with E-state index in [4.69, 9.17) is 9.47 Å². The van der Waals surface area contributed by atoms with Crippen LogP contribution in [-0.2, 0) is 16.1 Å². The number of nitrogens with one attached hydrogen (secondary N) is 1. The Kier molecular flexibility index (Phi) is 5.90. The number of esters is 1. The minimum atomic E-state index is -1.16. The van der Waals surface area contributed by atoms with E-state index in [1.165, 1.54) is 32.2 Å². The van der Waals surface area contributed by atoms with Gasteiger partial charge in [0.05, 0.1) is 28.8 Å². The van der Waals surface area contributed by atoms with Gasteiger partial charge in [-0.1, -0.05) is 5.21 Å². The SMILES string of the molecule is CCn1nnc2cc(C(=O)OC(C)C(=O)Nc3cc([N+](=O)[O-])ccc3OC)ccc21. The lowest BCUT2D eigenvalue weighted by Crippen LogP contribution is -2.30. The summed E-state index contributed by atoms with van der Waals surface area (Å²) >= 11 is 0. The Balaban J connectivity index is 1.72. The molecule has 3 aromatic rings. The van der Waals surface area contributed by atoms with Crippen molar-refractivity contribution in [1.29, 1.82) is 0 Å². The third kappa shape index (κ3) is 4.19. The predicted molar refractivity (Wildman–Crippen MR) is 106 cm³/mol. The monoisotopic (exact) mass is 413 g/mol. The maximum Gasteiger partial charge on any atom is 0.338 e. The molecule has 0 saturated heterocycles. The van der Waals surface area contributed by atoms with Gasteiger partial charge in [-0.3, -0.25) is 14.9 Å². The van der Waals surface area contributed by atoms with Crippen molar-refractivity contribution in [2.45, 2.75) is 26.5 Å². The van der Waals surface area contributed by atoms with Gasteiger partial charge < -0.3 is 14.8 Å². The summed E-state index contributed by atoms with van der Waals surface area (Å²) in [6.07, 6.45) is -1.16. The second-order valence-electron chi connectivity index (χ2n) is 6.29. The average molecular weight is 413 g/mol. The van der Waals surface area contributed by atoms with Crippen LogP contribution in [0.25, 0.3) is 11.0 Å². The molecule has 30 heavy (non-hydrogen) atoms. The van der Waals surface area contributed by atoms with Crippen molar-refractivity contribution < 1.29 is 24.0 Å². The van der Waals surface area contributed by atoms with E-state index in [9.17, 15) is 19.7 Å². The summed E-state index contributed by atoms with van der Waals surface area (Å²) in [4.78, 5) is 35.2. The molecule has 1 atom stereocenters. The van der Waals surface area contributed by atoms with Gasteiger partial charge in [0.25, 0.3) is 11.6 Å². The molecule has 11 nitrogen and oxygen atoms in total. The van der Waals surface area contributed by atoms with Crippen LogP contribution in [0.3, 0.4) is 0 Å². The lowest BCUT2D eigenvalue weighted by Gasteiger charge is -2.15. The van der Waals surface area contributed by atoms with Crippen LogP contribution in [0.1, 0.15) is 24.2 Å². The molecule has 0 bridgehead atoms. The first kappa shape index (κ1) is 20.7. The fourth-order valence-corrected chi connectivity index (χ4v) is 2.76. The number of nitrogens with zero attached hydrogens (tertiary/aromatic N) is 4. The van der Waals surface area contributed by atoms with Gasteiger partial charge in [-0.2, -0.15) is 0 Å². The minimum absolute atomic E-state index is 0.0946. The van der Waals surface area contributed by atoms with Crippen molar-refractivity contribution in [2.24, 2.45) is 0 Å². The normalized spacial score (nSPS) is 11.7. The highest BCUT2D eigenvalue weighted by Crippen LogP contribution is 2.29. The fourth-order valence-electron chi connectivity index (χ4n) is 2.76. The molecule has 0 aliphatic carbocycles. The molecule has 2 aromatic carbocycles. The quantitative estimate of drug-likeness (QED) is 0.354. The van der Waals surface area contributed by atoms with Gasteiger partial charge in [0.1, 0.15) is 11.3 Å². The first-order valence-electron chi connectivity index (χ1n) is 9.01. The number of aryl methyl sites for hydroxylation is 1. The number of benzene rings is 2. The molecule has 11 heteroatoms. The third-order valence-electron chi connectivity index (χ3n) is 4.35. The molecular weight excluding hydrogens is 394 g/mol.